The summed E-state index contributed by atoms with van der Waals surface area (Å²) in [6.45, 7) is 3.20. The molecule has 2 fully saturated rings. The highest BCUT2D eigenvalue weighted by atomic mass is 32.1. The van der Waals surface area contributed by atoms with Crippen LogP contribution < -0.4 is 4.90 Å². The van der Waals surface area contributed by atoms with E-state index in [1.165, 1.54) is 67.4 Å². The van der Waals surface area contributed by atoms with Crippen LogP contribution in [-0.2, 0) is 17.6 Å². The van der Waals surface area contributed by atoms with Gasteiger partial charge in [0.1, 0.15) is 17.0 Å². The first kappa shape index (κ1) is 15.1. The number of fused-ring (bicyclic) bond motifs is 3. The molecule has 4 heterocycles. The molecule has 4 nitrogen and oxygen atoms in total. The smallest absolute Gasteiger partial charge is 0.141 e. The summed E-state index contributed by atoms with van der Waals surface area (Å²) in [5.74, 6) is 1.95. The molecule has 0 amide bonds. The van der Waals surface area contributed by atoms with Gasteiger partial charge in [-0.2, -0.15) is 0 Å². The summed E-state index contributed by atoms with van der Waals surface area (Å²) in [5, 5.41) is 1.37. The van der Waals surface area contributed by atoms with E-state index in [1.54, 1.807) is 16.8 Å². The van der Waals surface area contributed by atoms with Crippen LogP contribution in [0, 0.1) is 5.92 Å². The third kappa shape index (κ3) is 2.53. The van der Waals surface area contributed by atoms with Crippen molar-refractivity contribution in [1.29, 1.82) is 0 Å². The Labute approximate surface area is 147 Å². The molecule has 1 unspecified atom stereocenters. The third-order valence-corrected chi connectivity index (χ3v) is 7.26. The Balaban J connectivity index is 1.42. The summed E-state index contributed by atoms with van der Waals surface area (Å²) in [7, 11) is 0. The Morgan fingerprint density at radius 1 is 1.04 bits per heavy atom. The molecule has 1 atom stereocenters. The molecule has 24 heavy (non-hydrogen) atoms. The Bertz CT molecular complexity index is 730. The van der Waals surface area contributed by atoms with E-state index in [4.69, 9.17) is 9.72 Å². The predicted molar refractivity (Wildman–Crippen MR) is 98.0 cm³/mol. The Hall–Kier alpha value is -1.20. The van der Waals surface area contributed by atoms with E-state index in [-0.39, 0.29) is 0 Å². The molecule has 2 aromatic heterocycles. The fraction of sp³-hybridized carbons (Fsp3) is 0.684. The molecule has 0 aromatic carbocycles. The van der Waals surface area contributed by atoms with Gasteiger partial charge in [0.2, 0.25) is 0 Å². The Kier molecular flexibility index (Phi) is 3.94. The minimum absolute atomic E-state index is 0.520. The molecule has 128 valence electrons. The van der Waals surface area contributed by atoms with Crippen molar-refractivity contribution in [3.8, 4) is 0 Å². The highest BCUT2D eigenvalue weighted by Gasteiger charge is 2.31. The van der Waals surface area contributed by atoms with Gasteiger partial charge in [0.25, 0.3) is 0 Å². The van der Waals surface area contributed by atoms with E-state index in [0.29, 0.717) is 6.10 Å². The van der Waals surface area contributed by atoms with Gasteiger partial charge in [-0.1, -0.05) is 0 Å². The minimum atomic E-state index is 0.520. The second kappa shape index (κ2) is 6.26. The van der Waals surface area contributed by atoms with E-state index < -0.39 is 0 Å². The van der Waals surface area contributed by atoms with Crippen LogP contribution in [0.15, 0.2) is 6.33 Å². The monoisotopic (exact) mass is 343 g/mol. The van der Waals surface area contributed by atoms with Crippen LogP contribution >= 0.6 is 11.3 Å². The second-order valence-corrected chi connectivity index (χ2v) is 8.55. The van der Waals surface area contributed by atoms with Crippen LogP contribution in [0.3, 0.4) is 0 Å². The highest BCUT2D eigenvalue weighted by Crippen LogP contribution is 2.40. The van der Waals surface area contributed by atoms with Crippen molar-refractivity contribution in [2.45, 2.75) is 57.5 Å². The molecular weight excluding hydrogens is 318 g/mol. The number of piperidine rings is 1. The maximum absolute atomic E-state index is 5.92. The summed E-state index contributed by atoms with van der Waals surface area (Å²) < 4.78 is 5.92. The number of ether oxygens (including phenoxy) is 1. The minimum Gasteiger partial charge on any atom is -0.378 e. The van der Waals surface area contributed by atoms with Gasteiger partial charge in [-0.25, -0.2) is 9.97 Å². The maximum Gasteiger partial charge on any atom is 0.141 e. The number of nitrogens with zero attached hydrogens (tertiary/aromatic N) is 3. The summed E-state index contributed by atoms with van der Waals surface area (Å²) in [6.07, 6.45) is 12.4. The van der Waals surface area contributed by atoms with Crippen molar-refractivity contribution in [3.63, 3.8) is 0 Å². The molecule has 2 aliphatic heterocycles. The fourth-order valence-electron chi connectivity index (χ4n) is 4.77. The molecule has 5 heteroatoms. The number of hydrogen-bond donors (Lipinski definition) is 0. The topological polar surface area (TPSA) is 38.2 Å². The Morgan fingerprint density at radius 3 is 2.75 bits per heavy atom. The summed E-state index contributed by atoms with van der Waals surface area (Å²) in [4.78, 5) is 14.6. The van der Waals surface area contributed by atoms with Crippen LogP contribution in [0.2, 0.25) is 0 Å². The average molecular weight is 343 g/mol. The zero-order valence-electron chi connectivity index (χ0n) is 14.2. The lowest BCUT2D eigenvalue weighted by molar-refractivity contribution is 0.0531. The van der Waals surface area contributed by atoms with Crippen LogP contribution in [0.25, 0.3) is 10.2 Å². The molecule has 1 aliphatic carbocycles. The number of rotatable bonds is 2. The van der Waals surface area contributed by atoms with Crippen LogP contribution in [0.1, 0.15) is 49.0 Å². The Morgan fingerprint density at radius 2 is 1.92 bits per heavy atom. The lowest BCUT2D eigenvalue weighted by atomic mass is 9.89. The molecule has 0 radical (unpaired) electrons. The van der Waals surface area contributed by atoms with Gasteiger partial charge in [-0.15, -0.1) is 11.3 Å². The van der Waals surface area contributed by atoms with Gasteiger partial charge < -0.3 is 9.64 Å². The lowest BCUT2D eigenvalue weighted by Gasteiger charge is -2.35. The third-order valence-electron chi connectivity index (χ3n) is 6.06. The zero-order valence-corrected chi connectivity index (χ0v) is 15.0. The van der Waals surface area contributed by atoms with Crippen molar-refractivity contribution in [2.75, 3.05) is 24.6 Å². The summed E-state index contributed by atoms with van der Waals surface area (Å²) >= 11 is 1.90. The van der Waals surface area contributed by atoms with Gasteiger partial charge in [-0.3, -0.25) is 0 Å². The number of aromatic nitrogens is 2. The van der Waals surface area contributed by atoms with Crippen molar-refractivity contribution < 1.29 is 4.74 Å². The van der Waals surface area contributed by atoms with Crippen molar-refractivity contribution in [1.82, 2.24) is 9.97 Å². The van der Waals surface area contributed by atoms with E-state index >= 15 is 0 Å². The van der Waals surface area contributed by atoms with Gasteiger partial charge in [0.05, 0.1) is 11.5 Å². The summed E-state index contributed by atoms with van der Waals surface area (Å²) in [5.41, 5.74) is 1.55. The quantitative estimate of drug-likeness (QED) is 0.827. The molecular formula is C19H25N3OS. The molecule has 2 saturated heterocycles. The number of aryl methyl sites for hydroxylation is 2. The van der Waals surface area contributed by atoms with Crippen LogP contribution in [0.5, 0.6) is 0 Å². The first-order valence-corrected chi connectivity index (χ1v) is 10.3. The number of anilines is 1. The lowest BCUT2D eigenvalue weighted by Crippen LogP contribution is -2.38. The second-order valence-electron chi connectivity index (χ2n) is 7.46. The van der Waals surface area contributed by atoms with E-state index in [9.17, 15) is 0 Å². The van der Waals surface area contributed by atoms with Crippen molar-refractivity contribution in [2.24, 2.45) is 5.92 Å². The largest absolute Gasteiger partial charge is 0.378 e. The van der Waals surface area contributed by atoms with Gasteiger partial charge >= 0.3 is 0 Å². The van der Waals surface area contributed by atoms with E-state index in [1.807, 2.05) is 11.3 Å². The molecule has 3 aliphatic rings. The van der Waals surface area contributed by atoms with Gasteiger partial charge in [0, 0.05) is 24.6 Å². The predicted octanol–water partition coefficient (Wildman–Crippen LogP) is 3.97. The van der Waals surface area contributed by atoms with Gasteiger partial charge in [0.15, 0.2) is 0 Å². The van der Waals surface area contributed by atoms with Gasteiger partial charge in [-0.05, 0) is 62.8 Å². The molecule has 0 bridgehead atoms. The highest BCUT2D eigenvalue weighted by molar-refractivity contribution is 7.19. The standard InChI is InChI=1S/C19H25N3OS/c1-2-6-16-14(4-1)17-18(20-12-21-19(17)24-16)22-9-7-13(8-10-22)15-5-3-11-23-15/h12-13,15H,1-11H2. The maximum atomic E-state index is 5.92. The SMILES string of the molecule is c1nc(N2CCC(C3CCCO3)CC2)c2c3c(sc2n1)CCCC3. The number of thiophene rings is 1. The van der Waals surface area contributed by atoms with Crippen molar-refractivity contribution >= 4 is 27.4 Å². The molecule has 0 spiro atoms. The average Bonchev–Trinajstić information content (AvgIpc) is 3.29. The first-order chi connectivity index (χ1) is 11.9. The molecule has 2 aromatic rings. The fourth-order valence-corrected chi connectivity index (χ4v) is 5.99. The van der Waals surface area contributed by atoms with Crippen LogP contribution in [0.4, 0.5) is 5.82 Å². The molecule has 0 N–H and O–H groups in total. The number of hydrogen-bond acceptors (Lipinski definition) is 5. The van der Waals surface area contributed by atoms with E-state index in [0.717, 1.165) is 25.6 Å². The molecule has 5 rings (SSSR count). The summed E-state index contributed by atoms with van der Waals surface area (Å²) in [6, 6.07) is 0. The molecule has 0 saturated carbocycles. The zero-order chi connectivity index (χ0) is 15.9. The first-order valence-electron chi connectivity index (χ1n) is 9.52. The van der Waals surface area contributed by atoms with Crippen molar-refractivity contribution in [3.05, 3.63) is 16.8 Å². The van der Waals surface area contributed by atoms with E-state index in [2.05, 4.69) is 9.88 Å². The van der Waals surface area contributed by atoms with Crippen LogP contribution in [-0.4, -0.2) is 35.8 Å². The normalized spacial score (nSPS) is 25.3.